The van der Waals surface area contributed by atoms with Crippen LogP contribution in [-0.2, 0) is 6.42 Å². The molecule has 2 heterocycles. The maximum Gasteiger partial charge on any atom is 0.222 e. The molecule has 0 aliphatic heterocycles. The van der Waals surface area contributed by atoms with E-state index in [2.05, 4.69) is 22.1 Å². The minimum Gasteiger partial charge on any atom is -0.368 e. The van der Waals surface area contributed by atoms with Gasteiger partial charge in [0, 0.05) is 12.0 Å². The van der Waals surface area contributed by atoms with Crippen molar-refractivity contribution in [3.8, 4) is 10.6 Å². The molecule has 0 bridgehead atoms. The lowest BCUT2D eigenvalue weighted by molar-refractivity contribution is 1.09. The number of halogens is 1. The molecule has 5 heteroatoms. The van der Waals surface area contributed by atoms with Crippen LogP contribution in [0.25, 0.3) is 10.6 Å². The number of hydrogen-bond acceptors (Lipinski definition) is 4. The molecule has 3 aromatic rings. The van der Waals surface area contributed by atoms with Crippen LogP contribution < -0.4 is 5.73 Å². The molecule has 0 radical (unpaired) electrons. The molecule has 0 saturated heterocycles. The first kappa shape index (κ1) is 13.1. The van der Waals surface area contributed by atoms with Gasteiger partial charge >= 0.3 is 0 Å². The molecule has 0 amide bonds. The van der Waals surface area contributed by atoms with Crippen LogP contribution in [0.2, 0.25) is 5.15 Å². The van der Waals surface area contributed by atoms with Crippen molar-refractivity contribution in [2.45, 2.75) is 6.42 Å². The summed E-state index contributed by atoms with van der Waals surface area (Å²) in [6.45, 7) is 0. The molecule has 0 aliphatic rings. The minimum atomic E-state index is 0.204. The first-order chi connectivity index (χ1) is 9.74. The van der Waals surface area contributed by atoms with Gasteiger partial charge in [0.1, 0.15) is 5.15 Å². The lowest BCUT2D eigenvalue weighted by atomic mass is 10.0. The molecule has 0 atom stereocenters. The van der Waals surface area contributed by atoms with E-state index < -0.39 is 0 Å². The van der Waals surface area contributed by atoms with Crippen LogP contribution in [0.3, 0.4) is 0 Å². The van der Waals surface area contributed by atoms with E-state index in [-0.39, 0.29) is 5.95 Å². The van der Waals surface area contributed by atoms with Crippen molar-refractivity contribution in [2.24, 2.45) is 0 Å². The highest BCUT2D eigenvalue weighted by Crippen LogP contribution is 2.31. The van der Waals surface area contributed by atoms with Gasteiger partial charge in [-0.2, -0.15) is 0 Å². The van der Waals surface area contributed by atoms with Gasteiger partial charge in [0.05, 0.1) is 10.6 Å². The molecule has 0 unspecified atom stereocenters. The Morgan fingerprint density at radius 2 is 1.85 bits per heavy atom. The summed E-state index contributed by atoms with van der Waals surface area (Å²) in [5, 5.41) is 2.43. The van der Waals surface area contributed by atoms with Gasteiger partial charge in [-0.1, -0.05) is 48.0 Å². The highest BCUT2D eigenvalue weighted by Gasteiger charge is 2.15. The van der Waals surface area contributed by atoms with E-state index in [4.69, 9.17) is 17.3 Å². The van der Waals surface area contributed by atoms with Crippen LogP contribution in [0.1, 0.15) is 11.1 Å². The number of aromatic nitrogens is 2. The fourth-order valence-electron chi connectivity index (χ4n) is 2.05. The Hall–Kier alpha value is -1.91. The van der Waals surface area contributed by atoms with E-state index in [1.807, 2.05) is 35.7 Å². The Balaban J connectivity index is 2.09. The summed E-state index contributed by atoms with van der Waals surface area (Å²) in [5.74, 6) is 0.204. The average molecular weight is 302 g/mol. The Morgan fingerprint density at radius 3 is 2.55 bits per heavy atom. The van der Waals surface area contributed by atoms with Crippen LogP contribution in [-0.4, -0.2) is 9.97 Å². The molecule has 2 aromatic heterocycles. The lowest BCUT2D eigenvalue weighted by Gasteiger charge is -2.10. The Morgan fingerprint density at radius 1 is 1.05 bits per heavy atom. The van der Waals surface area contributed by atoms with Gasteiger partial charge in [0.25, 0.3) is 0 Å². The van der Waals surface area contributed by atoms with E-state index in [1.165, 1.54) is 5.56 Å². The molecule has 1 aromatic carbocycles. The average Bonchev–Trinajstić information content (AvgIpc) is 2.96. The molecule has 20 heavy (non-hydrogen) atoms. The van der Waals surface area contributed by atoms with Gasteiger partial charge in [-0.3, -0.25) is 0 Å². The highest BCUT2D eigenvalue weighted by molar-refractivity contribution is 7.13. The maximum atomic E-state index is 6.27. The highest BCUT2D eigenvalue weighted by atomic mass is 35.5. The summed E-state index contributed by atoms with van der Waals surface area (Å²) in [6, 6.07) is 14.1. The molecular formula is C15H12ClN3S. The van der Waals surface area contributed by atoms with E-state index in [0.717, 1.165) is 16.1 Å². The Labute approximate surface area is 126 Å². The monoisotopic (exact) mass is 301 g/mol. The van der Waals surface area contributed by atoms with Crippen LogP contribution >= 0.6 is 22.9 Å². The van der Waals surface area contributed by atoms with Crippen LogP contribution in [0, 0.1) is 0 Å². The van der Waals surface area contributed by atoms with Crippen LogP contribution in [0.4, 0.5) is 5.95 Å². The predicted molar refractivity (Wildman–Crippen MR) is 84.0 cm³/mol. The number of rotatable bonds is 3. The molecule has 0 aliphatic carbocycles. The molecule has 3 nitrogen and oxygen atoms in total. The summed E-state index contributed by atoms with van der Waals surface area (Å²) in [7, 11) is 0. The number of anilines is 1. The van der Waals surface area contributed by atoms with Gasteiger partial charge in [-0.15, -0.1) is 11.3 Å². The van der Waals surface area contributed by atoms with E-state index in [9.17, 15) is 0 Å². The summed E-state index contributed by atoms with van der Waals surface area (Å²) in [5.41, 5.74) is 8.63. The molecule has 100 valence electrons. The van der Waals surface area contributed by atoms with Gasteiger partial charge in [0.2, 0.25) is 5.95 Å². The van der Waals surface area contributed by atoms with E-state index in [1.54, 1.807) is 11.3 Å². The zero-order valence-corrected chi connectivity index (χ0v) is 12.2. The summed E-state index contributed by atoms with van der Waals surface area (Å²) < 4.78 is 0. The van der Waals surface area contributed by atoms with Crippen molar-refractivity contribution < 1.29 is 0 Å². The zero-order chi connectivity index (χ0) is 13.9. The predicted octanol–water partition coefficient (Wildman–Crippen LogP) is 4.03. The number of nitrogen functional groups attached to an aromatic ring is 1. The third-order valence-corrected chi connectivity index (χ3v) is 4.14. The second-order valence-electron chi connectivity index (χ2n) is 4.34. The smallest absolute Gasteiger partial charge is 0.222 e. The number of hydrogen-bond donors (Lipinski definition) is 1. The summed E-state index contributed by atoms with van der Waals surface area (Å²) >= 11 is 7.89. The van der Waals surface area contributed by atoms with Gasteiger partial charge in [-0.25, -0.2) is 9.97 Å². The lowest BCUT2D eigenvalue weighted by Crippen LogP contribution is -2.03. The van der Waals surface area contributed by atoms with Crippen molar-refractivity contribution in [2.75, 3.05) is 5.73 Å². The minimum absolute atomic E-state index is 0.204. The molecule has 3 rings (SSSR count). The molecule has 0 spiro atoms. The van der Waals surface area contributed by atoms with Crippen molar-refractivity contribution in [3.05, 3.63) is 64.1 Å². The third kappa shape index (κ3) is 2.66. The van der Waals surface area contributed by atoms with E-state index >= 15 is 0 Å². The molecule has 2 N–H and O–H groups in total. The first-order valence-electron chi connectivity index (χ1n) is 6.14. The molecule has 0 fully saturated rings. The maximum absolute atomic E-state index is 6.27. The number of nitrogens with zero attached hydrogens (tertiary/aromatic N) is 2. The zero-order valence-electron chi connectivity index (χ0n) is 10.6. The quantitative estimate of drug-likeness (QED) is 0.743. The van der Waals surface area contributed by atoms with Gasteiger partial charge in [0.15, 0.2) is 0 Å². The van der Waals surface area contributed by atoms with Crippen LogP contribution in [0.15, 0.2) is 47.8 Å². The molecular weight excluding hydrogens is 290 g/mol. The standard InChI is InChI=1S/C15H12ClN3S/c16-14-11(9-10-5-2-1-3-6-10)13(18-15(17)19-14)12-7-4-8-20-12/h1-8H,9H2,(H2,17,18,19). The summed E-state index contributed by atoms with van der Waals surface area (Å²) in [4.78, 5) is 9.49. The van der Waals surface area contributed by atoms with Crippen molar-refractivity contribution >= 4 is 28.9 Å². The second kappa shape index (κ2) is 5.61. The van der Waals surface area contributed by atoms with Crippen molar-refractivity contribution in [3.63, 3.8) is 0 Å². The van der Waals surface area contributed by atoms with Gasteiger partial charge in [-0.05, 0) is 17.0 Å². The van der Waals surface area contributed by atoms with Gasteiger partial charge < -0.3 is 5.73 Å². The fraction of sp³-hybridized carbons (Fsp3) is 0.0667. The molecule has 0 saturated carbocycles. The first-order valence-corrected chi connectivity index (χ1v) is 7.39. The Bertz CT molecular complexity index is 711. The normalized spacial score (nSPS) is 10.7. The Kier molecular flexibility index (Phi) is 3.67. The second-order valence-corrected chi connectivity index (χ2v) is 5.65. The number of thiophene rings is 1. The SMILES string of the molecule is Nc1nc(Cl)c(Cc2ccccc2)c(-c2cccs2)n1. The number of benzene rings is 1. The van der Waals surface area contributed by atoms with Crippen LogP contribution in [0.5, 0.6) is 0 Å². The topological polar surface area (TPSA) is 51.8 Å². The van der Waals surface area contributed by atoms with E-state index in [0.29, 0.717) is 11.6 Å². The third-order valence-electron chi connectivity index (χ3n) is 2.95. The van der Waals surface area contributed by atoms with Crippen molar-refractivity contribution in [1.82, 2.24) is 9.97 Å². The largest absolute Gasteiger partial charge is 0.368 e. The fourth-order valence-corrected chi connectivity index (χ4v) is 3.03. The summed E-state index contributed by atoms with van der Waals surface area (Å²) in [6.07, 6.45) is 0.688. The van der Waals surface area contributed by atoms with Crippen molar-refractivity contribution in [1.29, 1.82) is 0 Å². The number of nitrogens with two attached hydrogens (primary N) is 1.